The van der Waals surface area contributed by atoms with E-state index in [1.807, 2.05) is 26.1 Å². The maximum Gasteiger partial charge on any atom is 0.0726 e. The summed E-state index contributed by atoms with van der Waals surface area (Å²) in [5, 5.41) is 4.80. The fourth-order valence-electron chi connectivity index (χ4n) is 5.45. The fraction of sp³-hybridized carbons (Fsp3) is 0.417. The number of anilines is 1. The summed E-state index contributed by atoms with van der Waals surface area (Å²) in [6.45, 7) is 25.6. The first-order valence-corrected chi connectivity index (χ1v) is 19.8. The molecule has 0 saturated heterocycles. The van der Waals surface area contributed by atoms with E-state index in [0.29, 0.717) is 5.92 Å². The largest absolute Gasteiger partial charge is 0.405 e. The number of benzene rings is 3. The number of nitrogens with one attached hydrogen (secondary N) is 1. The SMILES string of the molecule is C=CN.CC.CCC.CCC(C)CC.CCNc1cc(C(CC)Cc2ccc(C)cc2)nc2ccc(-c3cccc(CCc4ccccn4)c3)cc12. The molecule has 0 fully saturated rings. The van der Waals surface area contributed by atoms with Gasteiger partial charge in [0.15, 0.2) is 0 Å². The van der Waals surface area contributed by atoms with Crippen LogP contribution in [0.2, 0.25) is 0 Å². The van der Waals surface area contributed by atoms with E-state index in [2.05, 4.69) is 163 Å². The number of hydrogen-bond donors (Lipinski definition) is 2. The lowest BCUT2D eigenvalue weighted by molar-refractivity contribution is 0.544. The first-order chi connectivity index (χ1) is 25.3. The molecule has 1 unspecified atom stereocenters. The number of hydrogen-bond acceptors (Lipinski definition) is 4. The Kier molecular flexibility index (Phi) is 23.9. The molecule has 4 heteroatoms. The minimum atomic E-state index is 0.384. The van der Waals surface area contributed by atoms with Gasteiger partial charge in [0.05, 0.1) is 5.52 Å². The van der Waals surface area contributed by atoms with E-state index in [9.17, 15) is 0 Å². The second kappa shape index (κ2) is 27.2. The van der Waals surface area contributed by atoms with Gasteiger partial charge in [-0.2, -0.15) is 0 Å². The predicted molar refractivity (Wildman–Crippen MR) is 232 cm³/mol. The quantitative estimate of drug-likeness (QED) is 0.136. The van der Waals surface area contributed by atoms with Gasteiger partial charge in [0.1, 0.15) is 0 Å². The molecule has 0 aliphatic carbocycles. The zero-order chi connectivity index (χ0) is 38.7. The maximum absolute atomic E-state index is 5.17. The zero-order valence-electron chi connectivity index (χ0n) is 34.3. The fourth-order valence-corrected chi connectivity index (χ4v) is 5.45. The summed E-state index contributed by atoms with van der Waals surface area (Å²) in [5.41, 5.74) is 15.6. The molecule has 282 valence electrons. The van der Waals surface area contributed by atoms with E-state index in [1.54, 1.807) is 0 Å². The van der Waals surface area contributed by atoms with Crippen LogP contribution < -0.4 is 11.1 Å². The summed E-state index contributed by atoms with van der Waals surface area (Å²) in [4.78, 5) is 9.65. The van der Waals surface area contributed by atoms with Gasteiger partial charge in [-0.05, 0) is 104 Å². The second-order valence-electron chi connectivity index (χ2n) is 13.0. The standard InChI is InChI=1S/C35H37N3.C6H14.C3H8.C2H5N.C2H6/c1-4-28(21-27-14-12-25(3)13-15-27)34-24-35(36-5-2)32-23-30(17-19-33(32)38-34)29-10-8-9-26(22-29)16-18-31-11-6-7-20-37-31;1-4-6(3)5-2;1-3-2;1-2-3;1-2/h6-15,17,19-20,22-24,28H,4-5,16,18,21H2,1-3H3,(H,36,38);6H,4-5H2,1-3H3;3H2,1-2H3;2H,1,3H2;1-2H3. The highest BCUT2D eigenvalue weighted by molar-refractivity contribution is 5.94. The van der Waals surface area contributed by atoms with Crippen molar-refractivity contribution in [1.82, 2.24) is 9.97 Å². The third-order valence-corrected chi connectivity index (χ3v) is 8.76. The van der Waals surface area contributed by atoms with Gasteiger partial charge in [-0.15, -0.1) is 0 Å². The van der Waals surface area contributed by atoms with Crippen molar-refractivity contribution >= 4 is 16.6 Å². The molecule has 2 aromatic heterocycles. The average molecular weight is 703 g/mol. The molecule has 3 N–H and O–H groups in total. The van der Waals surface area contributed by atoms with Crippen molar-refractivity contribution in [3.05, 3.63) is 138 Å². The van der Waals surface area contributed by atoms with Gasteiger partial charge in [-0.1, -0.05) is 147 Å². The Morgan fingerprint density at radius 2 is 1.40 bits per heavy atom. The number of fused-ring (bicyclic) bond motifs is 1. The summed E-state index contributed by atoms with van der Waals surface area (Å²) in [7, 11) is 0. The Morgan fingerprint density at radius 1 is 0.750 bits per heavy atom. The lowest BCUT2D eigenvalue weighted by Gasteiger charge is -2.18. The van der Waals surface area contributed by atoms with Crippen LogP contribution in [0, 0.1) is 12.8 Å². The van der Waals surface area contributed by atoms with E-state index < -0.39 is 0 Å². The monoisotopic (exact) mass is 703 g/mol. The third-order valence-electron chi connectivity index (χ3n) is 8.76. The molecule has 0 amide bonds. The Labute approximate surface area is 318 Å². The van der Waals surface area contributed by atoms with E-state index in [-0.39, 0.29) is 0 Å². The number of aryl methyl sites for hydroxylation is 3. The normalized spacial score (nSPS) is 10.6. The van der Waals surface area contributed by atoms with Gasteiger partial charge in [0.2, 0.25) is 0 Å². The van der Waals surface area contributed by atoms with Crippen LogP contribution in [0.5, 0.6) is 0 Å². The van der Waals surface area contributed by atoms with Gasteiger partial charge in [-0.25, -0.2) is 0 Å². The van der Waals surface area contributed by atoms with Gasteiger partial charge in [0.25, 0.3) is 0 Å². The number of pyridine rings is 2. The molecule has 4 nitrogen and oxygen atoms in total. The summed E-state index contributed by atoms with van der Waals surface area (Å²) in [6.07, 6.45) is 11.0. The second-order valence-corrected chi connectivity index (χ2v) is 13.0. The lowest BCUT2D eigenvalue weighted by atomic mass is 9.92. The number of rotatable bonds is 12. The molecule has 3 aromatic carbocycles. The maximum atomic E-state index is 5.17. The van der Waals surface area contributed by atoms with Crippen LogP contribution in [0.1, 0.15) is 122 Å². The van der Waals surface area contributed by atoms with Gasteiger partial charge in [-0.3, -0.25) is 9.97 Å². The molecule has 0 bridgehead atoms. The first kappa shape index (κ1) is 45.6. The lowest BCUT2D eigenvalue weighted by Crippen LogP contribution is -2.07. The molecule has 0 radical (unpaired) electrons. The van der Waals surface area contributed by atoms with E-state index in [0.717, 1.165) is 49.4 Å². The molecule has 52 heavy (non-hydrogen) atoms. The number of aromatic nitrogens is 2. The first-order valence-electron chi connectivity index (χ1n) is 19.8. The van der Waals surface area contributed by atoms with Crippen LogP contribution in [-0.2, 0) is 19.3 Å². The van der Waals surface area contributed by atoms with Gasteiger partial charge >= 0.3 is 0 Å². The van der Waals surface area contributed by atoms with Crippen molar-refractivity contribution < 1.29 is 0 Å². The summed E-state index contributed by atoms with van der Waals surface area (Å²) in [6, 6.07) is 32.9. The van der Waals surface area contributed by atoms with Crippen LogP contribution in [-0.4, -0.2) is 16.5 Å². The van der Waals surface area contributed by atoms with Crippen molar-refractivity contribution in [2.24, 2.45) is 11.7 Å². The van der Waals surface area contributed by atoms with Crippen molar-refractivity contribution in [2.75, 3.05) is 11.9 Å². The molecule has 5 rings (SSSR count). The number of nitrogens with two attached hydrogens (primary N) is 1. The highest BCUT2D eigenvalue weighted by Crippen LogP contribution is 2.33. The van der Waals surface area contributed by atoms with Crippen LogP contribution in [0.3, 0.4) is 0 Å². The molecule has 0 aliphatic heterocycles. The Balaban J connectivity index is 0.000000835. The van der Waals surface area contributed by atoms with Gasteiger partial charge in [0, 0.05) is 41.1 Å². The summed E-state index contributed by atoms with van der Waals surface area (Å²) < 4.78 is 0. The predicted octanol–water partition coefficient (Wildman–Crippen LogP) is 13.5. The van der Waals surface area contributed by atoms with Crippen LogP contribution >= 0.6 is 0 Å². The molecular weight excluding hydrogens is 633 g/mol. The smallest absolute Gasteiger partial charge is 0.0726 e. The molecule has 0 aliphatic rings. The highest BCUT2D eigenvalue weighted by Gasteiger charge is 2.16. The molecule has 5 aromatic rings. The molecule has 0 spiro atoms. The van der Waals surface area contributed by atoms with Crippen LogP contribution in [0.25, 0.3) is 22.0 Å². The van der Waals surface area contributed by atoms with E-state index in [1.165, 1.54) is 70.0 Å². The Bertz CT molecular complexity index is 1640. The number of nitrogens with zero attached hydrogens (tertiary/aromatic N) is 2. The average Bonchev–Trinajstić information content (AvgIpc) is 3.18. The van der Waals surface area contributed by atoms with Crippen molar-refractivity contribution in [1.29, 1.82) is 0 Å². The van der Waals surface area contributed by atoms with Crippen molar-refractivity contribution in [3.8, 4) is 11.1 Å². The van der Waals surface area contributed by atoms with Crippen LogP contribution in [0.15, 0.2) is 110 Å². The van der Waals surface area contributed by atoms with Crippen molar-refractivity contribution in [3.63, 3.8) is 0 Å². The summed E-state index contributed by atoms with van der Waals surface area (Å²) >= 11 is 0. The van der Waals surface area contributed by atoms with E-state index >= 15 is 0 Å². The minimum Gasteiger partial charge on any atom is -0.405 e. The molecule has 2 heterocycles. The topological polar surface area (TPSA) is 63.8 Å². The highest BCUT2D eigenvalue weighted by atomic mass is 14.9. The molecule has 1 atom stereocenters. The van der Waals surface area contributed by atoms with Crippen molar-refractivity contribution in [2.45, 2.75) is 120 Å². The third kappa shape index (κ3) is 16.3. The van der Waals surface area contributed by atoms with E-state index in [4.69, 9.17) is 4.98 Å². The summed E-state index contributed by atoms with van der Waals surface area (Å²) in [5.74, 6) is 1.32. The Hall–Kier alpha value is -4.44. The molecular formula is C48H70N4. The zero-order valence-corrected chi connectivity index (χ0v) is 34.3. The van der Waals surface area contributed by atoms with Gasteiger partial charge < -0.3 is 11.1 Å². The van der Waals surface area contributed by atoms with Crippen LogP contribution in [0.4, 0.5) is 5.69 Å². The minimum absolute atomic E-state index is 0.384. The molecule has 0 saturated carbocycles. The Morgan fingerprint density at radius 3 is 1.96 bits per heavy atom.